The molecule has 32 heavy (non-hydrogen) atoms. The fraction of sp³-hybridized carbons (Fsp3) is 0.222. The predicted molar refractivity (Wildman–Crippen MR) is 127 cm³/mol. The SMILES string of the molecule is Cc1nc2ccccc2c(=O)n1-c1ccc(C(=O)NCC2CCCc3ccccc32)cc1. The first kappa shape index (κ1) is 20.2. The van der Waals surface area contributed by atoms with E-state index in [9.17, 15) is 9.59 Å². The summed E-state index contributed by atoms with van der Waals surface area (Å²) in [4.78, 5) is 30.3. The van der Waals surface area contributed by atoms with Crippen molar-refractivity contribution in [3.63, 3.8) is 0 Å². The number of fused-ring (bicyclic) bond motifs is 2. The lowest BCUT2D eigenvalue weighted by Crippen LogP contribution is -2.30. The van der Waals surface area contributed by atoms with E-state index in [1.165, 1.54) is 11.1 Å². The molecule has 0 fully saturated rings. The van der Waals surface area contributed by atoms with Crippen molar-refractivity contribution in [3.05, 3.63) is 106 Å². The third kappa shape index (κ3) is 3.71. The van der Waals surface area contributed by atoms with Crippen molar-refractivity contribution in [1.82, 2.24) is 14.9 Å². The van der Waals surface area contributed by atoms with Crippen molar-refractivity contribution in [2.24, 2.45) is 0 Å². The van der Waals surface area contributed by atoms with Gasteiger partial charge in [-0.2, -0.15) is 0 Å². The lowest BCUT2D eigenvalue weighted by atomic mass is 9.83. The summed E-state index contributed by atoms with van der Waals surface area (Å²) in [6.45, 7) is 2.45. The van der Waals surface area contributed by atoms with Crippen LogP contribution in [0.25, 0.3) is 16.6 Å². The maximum Gasteiger partial charge on any atom is 0.265 e. The lowest BCUT2D eigenvalue weighted by molar-refractivity contribution is 0.0950. The molecule has 5 rings (SSSR count). The standard InChI is InChI=1S/C27H25N3O2/c1-18-29-25-12-5-4-11-24(25)27(32)30(18)22-15-13-20(14-16-22)26(31)28-17-21-9-6-8-19-7-2-3-10-23(19)21/h2-5,7,10-16,21H,6,8-9,17H2,1H3,(H,28,31). The van der Waals surface area contributed by atoms with Crippen LogP contribution in [0, 0.1) is 6.92 Å². The van der Waals surface area contributed by atoms with Crippen molar-refractivity contribution in [2.75, 3.05) is 6.54 Å². The zero-order valence-corrected chi connectivity index (χ0v) is 18.0. The zero-order valence-electron chi connectivity index (χ0n) is 18.0. The number of amides is 1. The fourth-order valence-corrected chi connectivity index (χ4v) is 4.69. The normalized spacial score (nSPS) is 15.3. The summed E-state index contributed by atoms with van der Waals surface area (Å²) >= 11 is 0. The molecule has 1 unspecified atom stereocenters. The van der Waals surface area contributed by atoms with E-state index in [0.717, 1.165) is 19.3 Å². The summed E-state index contributed by atoms with van der Waals surface area (Å²) < 4.78 is 1.59. The van der Waals surface area contributed by atoms with Crippen LogP contribution in [0.15, 0.2) is 77.6 Å². The molecule has 160 valence electrons. The highest BCUT2D eigenvalue weighted by molar-refractivity contribution is 5.94. The molecule has 1 heterocycles. The molecule has 0 bridgehead atoms. The van der Waals surface area contributed by atoms with Gasteiger partial charge >= 0.3 is 0 Å². The maximum atomic E-state index is 13.0. The van der Waals surface area contributed by atoms with Gasteiger partial charge in [0, 0.05) is 18.0 Å². The van der Waals surface area contributed by atoms with Gasteiger partial charge < -0.3 is 5.32 Å². The lowest BCUT2D eigenvalue weighted by Gasteiger charge is -2.25. The number of aromatic nitrogens is 2. The molecule has 1 aliphatic rings. The molecule has 1 atom stereocenters. The smallest absolute Gasteiger partial charge is 0.265 e. The molecule has 1 N–H and O–H groups in total. The molecule has 0 radical (unpaired) electrons. The minimum absolute atomic E-state index is 0.0969. The number of hydrogen-bond acceptors (Lipinski definition) is 3. The van der Waals surface area contributed by atoms with Gasteiger partial charge in [-0.15, -0.1) is 0 Å². The number of para-hydroxylation sites is 1. The van der Waals surface area contributed by atoms with Crippen LogP contribution in [0.1, 0.15) is 46.1 Å². The molecule has 0 saturated heterocycles. The first-order valence-electron chi connectivity index (χ1n) is 11.1. The summed E-state index contributed by atoms with van der Waals surface area (Å²) in [5.74, 6) is 0.871. The molecule has 5 nitrogen and oxygen atoms in total. The molecule has 3 aromatic carbocycles. The third-order valence-electron chi connectivity index (χ3n) is 6.33. The molecule has 5 heteroatoms. The van der Waals surface area contributed by atoms with Gasteiger partial charge in [0.1, 0.15) is 5.82 Å². The van der Waals surface area contributed by atoms with Crippen molar-refractivity contribution in [1.29, 1.82) is 0 Å². The third-order valence-corrected chi connectivity index (χ3v) is 6.33. The second kappa shape index (κ2) is 8.42. The molecule has 1 amide bonds. The number of nitrogens with one attached hydrogen (secondary N) is 1. The highest BCUT2D eigenvalue weighted by atomic mass is 16.1. The Kier molecular flexibility index (Phi) is 5.31. The number of rotatable bonds is 4. The number of benzene rings is 3. The highest BCUT2D eigenvalue weighted by Crippen LogP contribution is 2.30. The van der Waals surface area contributed by atoms with E-state index in [-0.39, 0.29) is 11.5 Å². The second-order valence-electron chi connectivity index (χ2n) is 8.36. The average molecular weight is 424 g/mol. The Balaban J connectivity index is 1.34. The summed E-state index contributed by atoms with van der Waals surface area (Å²) in [5.41, 5.74) is 4.61. The van der Waals surface area contributed by atoms with Crippen molar-refractivity contribution in [3.8, 4) is 5.69 Å². The zero-order chi connectivity index (χ0) is 22.1. The van der Waals surface area contributed by atoms with Gasteiger partial charge in [-0.25, -0.2) is 4.98 Å². The van der Waals surface area contributed by atoms with E-state index in [4.69, 9.17) is 0 Å². The van der Waals surface area contributed by atoms with Crippen LogP contribution in [0.5, 0.6) is 0 Å². The van der Waals surface area contributed by atoms with E-state index in [0.29, 0.717) is 40.4 Å². The summed E-state index contributed by atoms with van der Waals surface area (Å²) in [5, 5.41) is 3.67. The number of carbonyl (C=O) groups is 1. The van der Waals surface area contributed by atoms with Crippen molar-refractivity contribution >= 4 is 16.8 Å². The van der Waals surface area contributed by atoms with Crippen LogP contribution in [0.3, 0.4) is 0 Å². The number of nitrogens with zero attached hydrogens (tertiary/aromatic N) is 2. The van der Waals surface area contributed by atoms with Crippen LogP contribution < -0.4 is 10.9 Å². The van der Waals surface area contributed by atoms with Gasteiger partial charge in [0.05, 0.1) is 16.6 Å². The van der Waals surface area contributed by atoms with E-state index in [1.54, 1.807) is 34.9 Å². The van der Waals surface area contributed by atoms with E-state index in [1.807, 2.05) is 25.1 Å². The van der Waals surface area contributed by atoms with Crippen LogP contribution in [0.4, 0.5) is 0 Å². The Bertz CT molecular complexity index is 1360. The van der Waals surface area contributed by atoms with E-state index < -0.39 is 0 Å². The summed E-state index contributed by atoms with van der Waals surface area (Å²) in [7, 11) is 0. The fourth-order valence-electron chi connectivity index (χ4n) is 4.69. The van der Waals surface area contributed by atoms with Crippen LogP contribution in [0.2, 0.25) is 0 Å². The second-order valence-corrected chi connectivity index (χ2v) is 8.36. The minimum Gasteiger partial charge on any atom is -0.351 e. The molecule has 4 aromatic rings. The largest absolute Gasteiger partial charge is 0.351 e. The molecule has 0 spiro atoms. The topological polar surface area (TPSA) is 64.0 Å². The quantitative estimate of drug-likeness (QED) is 0.524. The van der Waals surface area contributed by atoms with Gasteiger partial charge in [0.15, 0.2) is 0 Å². The minimum atomic E-state index is -0.110. The highest BCUT2D eigenvalue weighted by Gasteiger charge is 2.20. The molecule has 0 aliphatic heterocycles. The average Bonchev–Trinajstić information content (AvgIpc) is 2.83. The Morgan fingerprint density at radius 1 is 1.03 bits per heavy atom. The van der Waals surface area contributed by atoms with Crippen LogP contribution in [-0.2, 0) is 6.42 Å². The Hall–Kier alpha value is -3.73. The number of aryl methyl sites for hydroxylation is 2. The summed E-state index contributed by atoms with van der Waals surface area (Å²) in [6.07, 6.45) is 3.36. The molecular weight excluding hydrogens is 398 g/mol. The number of carbonyl (C=O) groups excluding carboxylic acids is 1. The van der Waals surface area contributed by atoms with Crippen molar-refractivity contribution in [2.45, 2.75) is 32.1 Å². The molecular formula is C27H25N3O2. The first-order valence-corrected chi connectivity index (χ1v) is 11.1. The first-order chi connectivity index (χ1) is 15.6. The van der Waals surface area contributed by atoms with Crippen LogP contribution >= 0.6 is 0 Å². The van der Waals surface area contributed by atoms with Crippen LogP contribution in [-0.4, -0.2) is 22.0 Å². The molecule has 1 aliphatic carbocycles. The monoisotopic (exact) mass is 423 g/mol. The Labute approximate surface area is 186 Å². The summed E-state index contributed by atoms with van der Waals surface area (Å²) in [6, 6.07) is 23.0. The van der Waals surface area contributed by atoms with Gasteiger partial charge in [0.2, 0.25) is 0 Å². The van der Waals surface area contributed by atoms with Gasteiger partial charge in [-0.1, -0.05) is 36.4 Å². The van der Waals surface area contributed by atoms with E-state index >= 15 is 0 Å². The predicted octanol–water partition coefficient (Wildman–Crippen LogP) is 4.54. The van der Waals surface area contributed by atoms with E-state index in [2.05, 4.69) is 34.6 Å². The van der Waals surface area contributed by atoms with Gasteiger partial charge in [-0.05, 0) is 73.7 Å². The number of hydrogen-bond donors (Lipinski definition) is 1. The van der Waals surface area contributed by atoms with Gasteiger partial charge in [0.25, 0.3) is 11.5 Å². The molecule has 0 saturated carbocycles. The molecule has 1 aromatic heterocycles. The van der Waals surface area contributed by atoms with Gasteiger partial charge in [-0.3, -0.25) is 14.2 Å². The Morgan fingerprint density at radius 2 is 1.78 bits per heavy atom. The Morgan fingerprint density at radius 3 is 2.62 bits per heavy atom. The maximum absolute atomic E-state index is 13.0. The van der Waals surface area contributed by atoms with Crippen molar-refractivity contribution < 1.29 is 4.79 Å².